The van der Waals surface area contributed by atoms with Crippen LogP contribution in [0.4, 0.5) is 4.39 Å². The van der Waals surface area contributed by atoms with Gasteiger partial charge in [-0.3, -0.25) is 0 Å². The number of benzene rings is 1. The second kappa shape index (κ2) is 6.20. The zero-order valence-corrected chi connectivity index (χ0v) is 13.1. The van der Waals surface area contributed by atoms with Crippen LogP contribution in [-0.4, -0.2) is 25.8 Å². The van der Waals surface area contributed by atoms with Crippen LogP contribution >= 0.6 is 11.6 Å². The zero-order chi connectivity index (χ0) is 14.8. The quantitative estimate of drug-likeness (QED) is 0.783. The normalized spacial score (nSPS) is 14.1. The molecule has 1 aromatic rings. The number of alkyl halides is 1. The minimum Gasteiger partial charge on any atom is -0.207 e. The molecule has 3 nitrogen and oxygen atoms in total. The molecule has 6 heteroatoms. The summed E-state index contributed by atoms with van der Waals surface area (Å²) in [6, 6.07) is 3.69. The fourth-order valence-electron chi connectivity index (χ4n) is 1.62. The van der Waals surface area contributed by atoms with Crippen LogP contribution in [-0.2, 0) is 15.9 Å². The van der Waals surface area contributed by atoms with Crippen molar-refractivity contribution in [2.45, 2.75) is 37.6 Å². The van der Waals surface area contributed by atoms with Crippen LogP contribution in [0.15, 0.2) is 23.1 Å². The standard InChI is InChI=1S/C13H19ClFNO2S/c1-9(2)10(3)16(4)19(17,18)13-7-11(8-14)5-6-12(13)15/h5-7,9-10H,8H2,1-4H3. The number of sulfonamides is 1. The first kappa shape index (κ1) is 16.4. The lowest BCUT2D eigenvalue weighted by Gasteiger charge is -2.27. The fraction of sp³-hybridized carbons (Fsp3) is 0.538. The van der Waals surface area contributed by atoms with Crippen molar-refractivity contribution in [1.82, 2.24) is 4.31 Å². The van der Waals surface area contributed by atoms with E-state index in [9.17, 15) is 12.8 Å². The molecule has 0 aliphatic carbocycles. The SMILES string of the molecule is CC(C)C(C)N(C)S(=O)(=O)c1cc(CCl)ccc1F. The first-order chi connectivity index (χ1) is 8.71. The van der Waals surface area contributed by atoms with E-state index in [2.05, 4.69) is 0 Å². The van der Waals surface area contributed by atoms with Crippen LogP contribution in [0.5, 0.6) is 0 Å². The maximum absolute atomic E-state index is 13.8. The first-order valence-corrected chi connectivity index (χ1v) is 8.01. The van der Waals surface area contributed by atoms with E-state index >= 15 is 0 Å². The van der Waals surface area contributed by atoms with E-state index in [4.69, 9.17) is 11.6 Å². The Morgan fingerprint density at radius 3 is 2.37 bits per heavy atom. The highest BCUT2D eigenvalue weighted by atomic mass is 35.5. The molecule has 1 rings (SSSR count). The predicted octanol–water partition coefficient (Wildman–Crippen LogP) is 3.23. The molecule has 0 aliphatic heterocycles. The molecule has 0 aromatic heterocycles. The van der Waals surface area contributed by atoms with E-state index in [0.717, 1.165) is 6.07 Å². The van der Waals surface area contributed by atoms with Gasteiger partial charge in [-0.05, 0) is 30.5 Å². The topological polar surface area (TPSA) is 37.4 Å². The average molecular weight is 308 g/mol. The molecule has 0 spiro atoms. The second-order valence-corrected chi connectivity index (χ2v) is 7.14. The lowest BCUT2D eigenvalue weighted by molar-refractivity contribution is 0.314. The van der Waals surface area contributed by atoms with Crippen LogP contribution in [0.2, 0.25) is 0 Å². The molecule has 0 bridgehead atoms. The molecule has 1 unspecified atom stereocenters. The Hall–Kier alpha value is -0.650. The molecule has 0 fully saturated rings. The monoisotopic (exact) mass is 307 g/mol. The van der Waals surface area contributed by atoms with Gasteiger partial charge in [0.15, 0.2) is 0 Å². The summed E-state index contributed by atoms with van der Waals surface area (Å²) in [5.74, 6) is -0.470. The van der Waals surface area contributed by atoms with Crippen molar-refractivity contribution in [3.05, 3.63) is 29.6 Å². The van der Waals surface area contributed by atoms with Gasteiger partial charge in [-0.1, -0.05) is 19.9 Å². The number of rotatable bonds is 5. The Morgan fingerprint density at radius 1 is 1.32 bits per heavy atom. The van der Waals surface area contributed by atoms with Gasteiger partial charge in [0.1, 0.15) is 10.7 Å². The third-order valence-electron chi connectivity index (χ3n) is 3.35. The molecule has 0 radical (unpaired) electrons. The van der Waals surface area contributed by atoms with Crippen LogP contribution in [0.1, 0.15) is 26.3 Å². The van der Waals surface area contributed by atoms with Crippen molar-refractivity contribution in [2.24, 2.45) is 5.92 Å². The van der Waals surface area contributed by atoms with Gasteiger partial charge in [-0.15, -0.1) is 11.6 Å². The lowest BCUT2D eigenvalue weighted by Crippen LogP contribution is -2.38. The van der Waals surface area contributed by atoms with Gasteiger partial charge in [-0.25, -0.2) is 12.8 Å². The Labute approximate surface area is 119 Å². The van der Waals surface area contributed by atoms with Crippen LogP contribution in [0.25, 0.3) is 0 Å². The third-order valence-corrected chi connectivity index (χ3v) is 5.61. The summed E-state index contributed by atoms with van der Waals surface area (Å²) in [7, 11) is -2.38. The van der Waals surface area contributed by atoms with E-state index in [0.29, 0.717) is 5.56 Å². The van der Waals surface area contributed by atoms with Crippen molar-refractivity contribution in [3.8, 4) is 0 Å². The van der Waals surface area contributed by atoms with E-state index < -0.39 is 15.8 Å². The maximum atomic E-state index is 13.8. The molecule has 19 heavy (non-hydrogen) atoms. The summed E-state index contributed by atoms with van der Waals surface area (Å²) in [6.45, 7) is 5.63. The molecule has 1 aromatic carbocycles. The minimum atomic E-state index is -3.85. The second-order valence-electron chi connectivity index (χ2n) is 4.90. The highest BCUT2D eigenvalue weighted by molar-refractivity contribution is 7.89. The number of halogens is 2. The average Bonchev–Trinajstić information content (AvgIpc) is 2.37. The smallest absolute Gasteiger partial charge is 0.207 e. The van der Waals surface area contributed by atoms with Gasteiger partial charge in [-0.2, -0.15) is 4.31 Å². The Bertz CT molecular complexity index is 546. The van der Waals surface area contributed by atoms with Crippen molar-refractivity contribution < 1.29 is 12.8 Å². The van der Waals surface area contributed by atoms with Crippen molar-refractivity contribution in [3.63, 3.8) is 0 Å². The molecule has 0 aliphatic rings. The van der Waals surface area contributed by atoms with Crippen LogP contribution < -0.4 is 0 Å². The molecular weight excluding hydrogens is 289 g/mol. The van der Waals surface area contributed by atoms with Crippen molar-refractivity contribution in [2.75, 3.05) is 7.05 Å². The third kappa shape index (κ3) is 3.46. The summed E-state index contributed by atoms with van der Waals surface area (Å²) in [6.07, 6.45) is 0. The van der Waals surface area contributed by atoms with Crippen LogP contribution in [0, 0.1) is 11.7 Å². The molecule has 0 saturated heterocycles. The fourth-order valence-corrected chi connectivity index (χ4v) is 3.39. The molecule has 0 heterocycles. The summed E-state index contributed by atoms with van der Waals surface area (Å²) in [5.41, 5.74) is 0.576. The van der Waals surface area contributed by atoms with E-state index in [1.807, 2.05) is 13.8 Å². The minimum absolute atomic E-state index is 0.138. The molecule has 0 amide bonds. The molecule has 0 saturated carbocycles. The Kier molecular flexibility index (Phi) is 5.35. The highest BCUT2D eigenvalue weighted by Crippen LogP contribution is 2.24. The van der Waals surface area contributed by atoms with Gasteiger partial charge in [0.2, 0.25) is 10.0 Å². The Morgan fingerprint density at radius 2 is 1.89 bits per heavy atom. The van der Waals surface area contributed by atoms with Crippen molar-refractivity contribution in [1.29, 1.82) is 0 Å². The first-order valence-electron chi connectivity index (χ1n) is 6.04. The van der Waals surface area contributed by atoms with E-state index in [-0.39, 0.29) is 22.7 Å². The molecular formula is C13H19ClFNO2S. The summed E-state index contributed by atoms with van der Waals surface area (Å²) >= 11 is 5.66. The van der Waals surface area contributed by atoms with E-state index in [1.165, 1.54) is 23.5 Å². The summed E-state index contributed by atoms with van der Waals surface area (Å²) < 4.78 is 39.8. The Balaban J connectivity index is 3.27. The maximum Gasteiger partial charge on any atom is 0.245 e. The number of hydrogen-bond acceptors (Lipinski definition) is 2. The summed E-state index contributed by atoms with van der Waals surface area (Å²) in [5, 5.41) is 0. The lowest BCUT2D eigenvalue weighted by atomic mass is 10.1. The largest absolute Gasteiger partial charge is 0.245 e. The molecule has 108 valence electrons. The van der Waals surface area contributed by atoms with E-state index in [1.54, 1.807) is 6.92 Å². The summed E-state index contributed by atoms with van der Waals surface area (Å²) in [4.78, 5) is -0.319. The predicted molar refractivity (Wildman–Crippen MR) is 75.2 cm³/mol. The van der Waals surface area contributed by atoms with Gasteiger partial charge in [0.25, 0.3) is 0 Å². The van der Waals surface area contributed by atoms with Gasteiger partial charge < -0.3 is 0 Å². The van der Waals surface area contributed by atoms with Gasteiger partial charge in [0, 0.05) is 19.0 Å². The van der Waals surface area contributed by atoms with Gasteiger partial charge >= 0.3 is 0 Å². The number of hydrogen-bond donors (Lipinski definition) is 0. The zero-order valence-electron chi connectivity index (χ0n) is 11.5. The van der Waals surface area contributed by atoms with Gasteiger partial charge in [0.05, 0.1) is 0 Å². The highest BCUT2D eigenvalue weighted by Gasteiger charge is 2.29. The molecule has 0 N–H and O–H groups in total. The van der Waals surface area contributed by atoms with Crippen molar-refractivity contribution >= 4 is 21.6 Å². The van der Waals surface area contributed by atoms with Crippen LogP contribution in [0.3, 0.4) is 0 Å². The molecule has 1 atom stereocenters. The number of nitrogens with zero attached hydrogens (tertiary/aromatic N) is 1.